The Hall–Kier alpha value is -3.92. The van der Waals surface area contributed by atoms with E-state index in [1.165, 1.54) is 19.2 Å². The fourth-order valence-electron chi connectivity index (χ4n) is 6.23. The Labute approximate surface area is 257 Å². The Morgan fingerprint density at radius 2 is 1.91 bits per heavy atom. The Balaban J connectivity index is 1.70. The van der Waals surface area contributed by atoms with Gasteiger partial charge in [0.1, 0.15) is 5.82 Å². The second-order valence-corrected chi connectivity index (χ2v) is 12.1. The van der Waals surface area contributed by atoms with Crippen molar-refractivity contribution in [1.29, 1.82) is 0 Å². The number of halogens is 1. The first-order valence-electron chi connectivity index (χ1n) is 15.0. The number of fused-ring (bicyclic) bond motifs is 3. The molecule has 8 nitrogen and oxygen atoms in total. The molecule has 0 radical (unpaired) electrons. The van der Waals surface area contributed by atoms with Crippen molar-refractivity contribution in [3.8, 4) is 22.4 Å². The molecule has 0 saturated carbocycles. The number of rotatable bonds is 8. The number of aromatic nitrogens is 1. The van der Waals surface area contributed by atoms with Crippen LogP contribution in [0.2, 0.25) is 0 Å². The van der Waals surface area contributed by atoms with E-state index >= 15 is 0 Å². The maximum Gasteiger partial charge on any atom is 0.305 e. The number of carboxylic acid groups (broad SMARTS) is 1. The average molecular weight is 603 g/mol. The van der Waals surface area contributed by atoms with Gasteiger partial charge < -0.3 is 14.6 Å². The van der Waals surface area contributed by atoms with Gasteiger partial charge in [-0.1, -0.05) is 44.2 Å². The summed E-state index contributed by atoms with van der Waals surface area (Å²) in [6.45, 7) is 7.73. The van der Waals surface area contributed by atoms with Gasteiger partial charge in [-0.15, -0.1) is 0 Å². The highest BCUT2D eigenvalue weighted by molar-refractivity contribution is 5.95. The van der Waals surface area contributed by atoms with Crippen molar-refractivity contribution >= 4 is 18.0 Å². The number of nitrogens with zero attached hydrogens (tertiary/aromatic N) is 1. The molecule has 0 bridgehead atoms. The standard InChI is InChI=1S/C35H39FN2O6/c1-20(2)32-28(16-15-25-18-26(19-30(39)40)44-35(3,4)43-25)31(22-11-13-24(36)14-12-22)27-8-6-7-21-9-10-23(34(41)38-42-5)17-29(21)33(27)37-32/h9-17,20,25-26H,6-8,18-19H2,1-5H3,(H,38,41)(H,39,40)/b16-15+/t25-,26-/m1/s1. The van der Waals surface area contributed by atoms with Crippen molar-refractivity contribution < 1.29 is 33.4 Å². The summed E-state index contributed by atoms with van der Waals surface area (Å²) in [4.78, 5) is 34.3. The first-order valence-corrected chi connectivity index (χ1v) is 15.0. The number of carbonyl (C=O) groups excluding carboxylic acids is 1. The molecule has 3 aromatic rings. The third-order valence-corrected chi connectivity index (χ3v) is 8.00. The predicted octanol–water partition coefficient (Wildman–Crippen LogP) is 6.86. The molecule has 1 fully saturated rings. The molecule has 1 saturated heterocycles. The molecule has 1 aromatic heterocycles. The Morgan fingerprint density at radius 1 is 1.16 bits per heavy atom. The molecule has 1 aliphatic heterocycles. The number of hydroxylamine groups is 1. The van der Waals surface area contributed by atoms with E-state index in [-0.39, 0.29) is 30.2 Å². The van der Waals surface area contributed by atoms with Crippen LogP contribution in [-0.4, -0.2) is 47.1 Å². The van der Waals surface area contributed by atoms with Crippen LogP contribution in [0.3, 0.4) is 0 Å². The minimum absolute atomic E-state index is 0.0256. The third kappa shape index (κ3) is 6.90. The number of hydrogen-bond acceptors (Lipinski definition) is 6. The molecule has 9 heteroatoms. The van der Waals surface area contributed by atoms with Gasteiger partial charge in [0, 0.05) is 23.1 Å². The maximum absolute atomic E-state index is 14.1. The maximum atomic E-state index is 14.1. The summed E-state index contributed by atoms with van der Waals surface area (Å²) in [7, 11) is 1.40. The summed E-state index contributed by atoms with van der Waals surface area (Å²) in [5, 5.41) is 9.39. The number of carbonyl (C=O) groups is 2. The van der Waals surface area contributed by atoms with Gasteiger partial charge in [-0.2, -0.15) is 0 Å². The molecule has 2 aliphatic rings. The normalized spacial score (nSPS) is 19.3. The first-order chi connectivity index (χ1) is 21.0. The first kappa shape index (κ1) is 31.5. The number of amides is 1. The molecule has 2 atom stereocenters. The number of nitrogens with one attached hydrogen (secondary N) is 1. The van der Waals surface area contributed by atoms with Gasteiger partial charge in [0.05, 0.1) is 37.1 Å². The van der Waals surface area contributed by atoms with Crippen LogP contribution in [0.15, 0.2) is 48.5 Å². The van der Waals surface area contributed by atoms with E-state index in [1.54, 1.807) is 32.0 Å². The van der Waals surface area contributed by atoms with Crippen LogP contribution >= 0.6 is 0 Å². The second-order valence-electron chi connectivity index (χ2n) is 12.1. The van der Waals surface area contributed by atoms with Gasteiger partial charge in [-0.3, -0.25) is 19.4 Å². The van der Waals surface area contributed by atoms with Crippen molar-refractivity contribution in [3.63, 3.8) is 0 Å². The fraction of sp³-hybridized carbons (Fsp3) is 0.400. The van der Waals surface area contributed by atoms with Crippen molar-refractivity contribution in [2.75, 3.05) is 7.11 Å². The minimum Gasteiger partial charge on any atom is -0.481 e. The van der Waals surface area contributed by atoms with Gasteiger partial charge in [0.2, 0.25) is 0 Å². The van der Waals surface area contributed by atoms with Gasteiger partial charge >= 0.3 is 5.97 Å². The topological polar surface area (TPSA) is 107 Å². The molecule has 1 aliphatic carbocycles. The van der Waals surface area contributed by atoms with E-state index in [1.807, 2.05) is 24.3 Å². The largest absolute Gasteiger partial charge is 0.481 e. The smallest absolute Gasteiger partial charge is 0.305 e. The summed E-state index contributed by atoms with van der Waals surface area (Å²) in [6.07, 6.45) is 5.82. The molecule has 5 rings (SSSR count). The Bertz CT molecular complexity index is 1580. The predicted molar refractivity (Wildman–Crippen MR) is 165 cm³/mol. The average Bonchev–Trinajstić information content (AvgIpc) is 3.13. The number of carboxylic acids is 1. The summed E-state index contributed by atoms with van der Waals surface area (Å²) < 4.78 is 26.2. The van der Waals surface area contributed by atoms with Crippen molar-refractivity contribution in [2.24, 2.45) is 0 Å². The van der Waals surface area contributed by atoms with Gasteiger partial charge in [0.15, 0.2) is 5.79 Å². The van der Waals surface area contributed by atoms with Crippen LogP contribution in [0, 0.1) is 5.82 Å². The molecular formula is C35H39FN2O6. The summed E-state index contributed by atoms with van der Waals surface area (Å²) in [5.74, 6) is -2.51. The van der Waals surface area contributed by atoms with E-state index in [9.17, 15) is 19.1 Å². The Morgan fingerprint density at radius 3 is 2.59 bits per heavy atom. The lowest BCUT2D eigenvalue weighted by Gasteiger charge is -2.39. The lowest BCUT2D eigenvalue weighted by atomic mass is 9.86. The zero-order valence-electron chi connectivity index (χ0n) is 25.8. The molecule has 2 heterocycles. The van der Waals surface area contributed by atoms with E-state index in [0.717, 1.165) is 64.0 Å². The van der Waals surface area contributed by atoms with Crippen LogP contribution in [0.1, 0.15) is 85.6 Å². The lowest BCUT2D eigenvalue weighted by molar-refractivity contribution is -0.290. The number of ether oxygens (including phenoxy) is 2. The molecule has 0 unspecified atom stereocenters. The molecule has 232 valence electrons. The zero-order chi connectivity index (χ0) is 31.6. The summed E-state index contributed by atoms with van der Waals surface area (Å²) >= 11 is 0. The molecule has 1 amide bonds. The highest BCUT2D eigenvalue weighted by atomic mass is 19.1. The molecular weight excluding hydrogens is 563 g/mol. The van der Waals surface area contributed by atoms with Crippen LogP contribution < -0.4 is 5.48 Å². The lowest BCUT2D eigenvalue weighted by Crippen LogP contribution is -2.44. The van der Waals surface area contributed by atoms with Crippen molar-refractivity contribution in [2.45, 2.75) is 83.7 Å². The van der Waals surface area contributed by atoms with E-state index < -0.39 is 17.9 Å². The molecule has 2 N–H and O–H groups in total. The zero-order valence-corrected chi connectivity index (χ0v) is 25.8. The van der Waals surface area contributed by atoms with Crippen LogP contribution in [-0.2, 0) is 31.9 Å². The number of aryl methyl sites for hydroxylation is 1. The second kappa shape index (κ2) is 13.0. The SMILES string of the molecule is CONC(=O)c1ccc2c(c1)-c1nc(C(C)C)c(/C=C/[C@@H]3C[C@H](CC(=O)O)OC(C)(C)O3)c(-c3ccc(F)cc3)c1CCC2. The minimum atomic E-state index is -0.948. The quantitative estimate of drug-likeness (QED) is 0.272. The highest BCUT2D eigenvalue weighted by Crippen LogP contribution is 2.42. The van der Waals surface area contributed by atoms with Gasteiger partial charge in [-0.25, -0.2) is 9.87 Å². The molecule has 0 spiro atoms. The molecule has 44 heavy (non-hydrogen) atoms. The fourth-order valence-corrected chi connectivity index (χ4v) is 6.23. The van der Waals surface area contributed by atoms with Crippen molar-refractivity contribution in [3.05, 3.63) is 82.3 Å². The Kier molecular flexibility index (Phi) is 9.29. The van der Waals surface area contributed by atoms with Crippen LogP contribution in [0.4, 0.5) is 4.39 Å². The summed E-state index contributed by atoms with van der Waals surface area (Å²) in [5.41, 5.74) is 10.3. The highest BCUT2D eigenvalue weighted by Gasteiger charge is 2.35. The summed E-state index contributed by atoms with van der Waals surface area (Å²) in [6, 6.07) is 12.2. The number of benzene rings is 2. The number of hydrogen-bond donors (Lipinski definition) is 2. The van der Waals surface area contributed by atoms with Crippen molar-refractivity contribution in [1.82, 2.24) is 10.5 Å². The van der Waals surface area contributed by atoms with Crippen LogP contribution in [0.25, 0.3) is 28.5 Å². The van der Waals surface area contributed by atoms with Gasteiger partial charge in [0.25, 0.3) is 5.91 Å². The van der Waals surface area contributed by atoms with Crippen LogP contribution in [0.5, 0.6) is 0 Å². The monoisotopic (exact) mass is 602 g/mol. The third-order valence-electron chi connectivity index (χ3n) is 8.00. The van der Waals surface area contributed by atoms with Gasteiger partial charge in [-0.05, 0) is 85.5 Å². The van der Waals surface area contributed by atoms with E-state index in [4.69, 9.17) is 19.3 Å². The number of pyridine rings is 1. The van der Waals surface area contributed by atoms with E-state index in [0.29, 0.717) is 12.0 Å². The number of aliphatic carboxylic acids is 1. The molecule has 2 aromatic carbocycles. The van der Waals surface area contributed by atoms with E-state index in [2.05, 4.69) is 19.3 Å².